The average Bonchev–Trinajstić information content (AvgIpc) is 2.45. The van der Waals surface area contributed by atoms with E-state index >= 15 is 0 Å². The summed E-state index contributed by atoms with van der Waals surface area (Å²) in [6.45, 7) is 12.6. The number of rotatable bonds is 6. The van der Waals surface area contributed by atoms with Crippen LogP contribution in [0.15, 0.2) is 18.2 Å². The summed E-state index contributed by atoms with van der Waals surface area (Å²) in [6.07, 6.45) is -0.121. The number of aryl methyl sites for hydroxylation is 1. The number of nitrogens with one attached hydrogen (secondary N) is 1. The molecule has 0 aliphatic carbocycles. The zero-order chi connectivity index (χ0) is 20.8. The van der Waals surface area contributed by atoms with Crippen LogP contribution >= 0.6 is 0 Å². The van der Waals surface area contributed by atoms with Gasteiger partial charge in [-0.2, -0.15) is 0 Å². The second-order valence-electron chi connectivity index (χ2n) is 8.76. The van der Waals surface area contributed by atoms with Crippen LogP contribution in [0, 0.1) is 6.92 Å². The van der Waals surface area contributed by atoms with Gasteiger partial charge in [0, 0.05) is 6.04 Å². The van der Waals surface area contributed by atoms with Crippen LogP contribution in [0.5, 0.6) is 0 Å². The Hall–Kier alpha value is -2.08. The fourth-order valence-electron chi connectivity index (χ4n) is 2.54. The van der Waals surface area contributed by atoms with Gasteiger partial charge in [-0.15, -0.1) is 0 Å². The minimum absolute atomic E-state index is 0.0271. The third-order valence-electron chi connectivity index (χ3n) is 3.62. The van der Waals surface area contributed by atoms with Crippen molar-refractivity contribution in [3.05, 3.63) is 34.9 Å². The highest BCUT2D eigenvalue weighted by Gasteiger charge is 2.25. The number of carbonyl (C=O) groups excluding carboxylic acids is 2. The fraction of sp³-hybridized carbons (Fsp3) is 0.619. The van der Waals surface area contributed by atoms with Crippen LogP contribution in [-0.2, 0) is 27.3 Å². The number of alkyl carbamates (subject to hydrolysis) is 1. The molecule has 0 aliphatic rings. The Balaban J connectivity index is 2.96. The average molecular weight is 379 g/mol. The number of hydrogen-bond donors (Lipinski definition) is 2. The van der Waals surface area contributed by atoms with E-state index in [1.165, 1.54) is 0 Å². The number of aliphatic hydroxyl groups excluding tert-OH is 1. The molecule has 0 bridgehead atoms. The van der Waals surface area contributed by atoms with Gasteiger partial charge in [-0.1, -0.05) is 18.2 Å². The second kappa shape index (κ2) is 9.22. The molecule has 0 unspecified atom stereocenters. The van der Waals surface area contributed by atoms with Crippen molar-refractivity contribution in [2.24, 2.45) is 0 Å². The first kappa shape index (κ1) is 23.0. The molecular weight excluding hydrogens is 346 g/mol. The van der Waals surface area contributed by atoms with Crippen molar-refractivity contribution < 1.29 is 24.2 Å². The van der Waals surface area contributed by atoms with E-state index in [4.69, 9.17) is 9.47 Å². The topological polar surface area (TPSA) is 84.9 Å². The van der Waals surface area contributed by atoms with E-state index in [0.29, 0.717) is 6.42 Å². The molecule has 27 heavy (non-hydrogen) atoms. The summed E-state index contributed by atoms with van der Waals surface area (Å²) in [5, 5.41) is 12.1. The summed E-state index contributed by atoms with van der Waals surface area (Å²) in [5.41, 5.74) is 1.52. The van der Waals surface area contributed by atoms with Crippen LogP contribution in [-0.4, -0.2) is 34.4 Å². The molecule has 1 aromatic rings. The van der Waals surface area contributed by atoms with E-state index in [2.05, 4.69) is 5.32 Å². The van der Waals surface area contributed by atoms with Gasteiger partial charge in [-0.25, -0.2) is 4.79 Å². The first-order valence-corrected chi connectivity index (χ1v) is 9.19. The standard InChI is InChI=1S/C21H33NO5/c1-14-8-9-15(13-23)10-16(14)11-17(12-18(24)26-20(2,3)4)22-19(25)27-21(5,6)7/h8-10,17,23H,11-13H2,1-7H3,(H,22,25)/t17-/m0/s1. The van der Waals surface area contributed by atoms with E-state index in [9.17, 15) is 14.7 Å². The lowest BCUT2D eigenvalue weighted by atomic mass is 9.97. The molecule has 0 radical (unpaired) electrons. The zero-order valence-electron chi connectivity index (χ0n) is 17.5. The summed E-state index contributed by atoms with van der Waals surface area (Å²) in [6, 6.07) is 5.16. The number of aliphatic hydroxyl groups is 1. The van der Waals surface area contributed by atoms with Gasteiger partial charge in [0.2, 0.25) is 0 Å². The molecule has 6 nitrogen and oxygen atoms in total. The Morgan fingerprint density at radius 3 is 2.19 bits per heavy atom. The Morgan fingerprint density at radius 1 is 1.07 bits per heavy atom. The maximum absolute atomic E-state index is 12.3. The van der Waals surface area contributed by atoms with E-state index < -0.39 is 23.3 Å². The molecule has 1 rings (SSSR count). The number of amides is 1. The highest BCUT2D eigenvalue weighted by atomic mass is 16.6. The van der Waals surface area contributed by atoms with E-state index in [1.807, 2.05) is 25.1 Å². The van der Waals surface area contributed by atoms with Gasteiger partial charge < -0.3 is 19.9 Å². The molecule has 1 atom stereocenters. The van der Waals surface area contributed by atoms with Crippen molar-refractivity contribution >= 4 is 12.1 Å². The summed E-state index contributed by atoms with van der Waals surface area (Å²) in [4.78, 5) is 24.5. The predicted octanol–water partition coefficient (Wildman–Crippen LogP) is 3.65. The minimum Gasteiger partial charge on any atom is -0.460 e. The maximum atomic E-state index is 12.3. The predicted molar refractivity (Wildman–Crippen MR) is 104 cm³/mol. The molecule has 0 aromatic heterocycles. The summed E-state index contributed by atoms with van der Waals surface area (Å²) in [5.74, 6) is -0.389. The monoisotopic (exact) mass is 379 g/mol. The lowest BCUT2D eigenvalue weighted by Gasteiger charge is -2.25. The van der Waals surface area contributed by atoms with Gasteiger partial charge in [-0.05, 0) is 71.6 Å². The number of hydrogen-bond acceptors (Lipinski definition) is 5. The third-order valence-corrected chi connectivity index (χ3v) is 3.62. The van der Waals surface area contributed by atoms with E-state index in [-0.39, 0.29) is 19.0 Å². The van der Waals surface area contributed by atoms with Crippen molar-refractivity contribution in [1.82, 2.24) is 5.32 Å². The molecule has 6 heteroatoms. The van der Waals surface area contributed by atoms with Crippen molar-refractivity contribution in [2.75, 3.05) is 0 Å². The van der Waals surface area contributed by atoms with Crippen LogP contribution in [0.2, 0.25) is 0 Å². The van der Waals surface area contributed by atoms with Crippen molar-refractivity contribution in [3.63, 3.8) is 0 Å². The Labute approximate surface area is 162 Å². The third kappa shape index (κ3) is 9.43. The lowest BCUT2D eigenvalue weighted by molar-refractivity contribution is -0.155. The largest absolute Gasteiger partial charge is 0.460 e. The van der Waals surface area contributed by atoms with Gasteiger partial charge in [0.1, 0.15) is 11.2 Å². The van der Waals surface area contributed by atoms with Gasteiger partial charge >= 0.3 is 12.1 Å². The Morgan fingerprint density at radius 2 is 1.67 bits per heavy atom. The van der Waals surface area contributed by atoms with Crippen LogP contribution in [0.1, 0.15) is 64.7 Å². The first-order valence-electron chi connectivity index (χ1n) is 9.19. The zero-order valence-corrected chi connectivity index (χ0v) is 17.5. The highest BCUT2D eigenvalue weighted by Crippen LogP contribution is 2.17. The molecule has 0 spiro atoms. The van der Waals surface area contributed by atoms with Gasteiger partial charge in [-0.3, -0.25) is 4.79 Å². The van der Waals surface area contributed by atoms with Gasteiger partial charge in [0.05, 0.1) is 13.0 Å². The quantitative estimate of drug-likeness (QED) is 0.737. The maximum Gasteiger partial charge on any atom is 0.407 e. The van der Waals surface area contributed by atoms with E-state index in [1.54, 1.807) is 41.5 Å². The number of benzene rings is 1. The molecule has 2 N–H and O–H groups in total. The van der Waals surface area contributed by atoms with Crippen molar-refractivity contribution in [3.8, 4) is 0 Å². The van der Waals surface area contributed by atoms with Crippen molar-refractivity contribution in [2.45, 2.75) is 85.2 Å². The first-order chi connectivity index (χ1) is 12.3. The van der Waals surface area contributed by atoms with Gasteiger partial charge in [0.15, 0.2) is 0 Å². The molecule has 0 saturated carbocycles. The molecular formula is C21H33NO5. The molecule has 1 amide bonds. The summed E-state index contributed by atoms with van der Waals surface area (Å²) < 4.78 is 10.7. The van der Waals surface area contributed by atoms with Crippen LogP contribution in [0.3, 0.4) is 0 Å². The van der Waals surface area contributed by atoms with Crippen LogP contribution < -0.4 is 5.32 Å². The number of esters is 1. The molecule has 0 saturated heterocycles. The minimum atomic E-state index is -0.632. The summed E-state index contributed by atoms with van der Waals surface area (Å²) >= 11 is 0. The van der Waals surface area contributed by atoms with Crippen LogP contribution in [0.4, 0.5) is 4.79 Å². The molecule has 0 heterocycles. The van der Waals surface area contributed by atoms with Crippen molar-refractivity contribution in [1.29, 1.82) is 0 Å². The second-order valence-corrected chi connectivity index (χ2v) is 8.76. The number of carbonyl (C=O) groups is 2. The smallest absolute Gasteiger partial charge is 0.407 e. The number of ether oxygens (including phenoxy) is 2. The van der Waals surface area contributed by atoms with Crippen LogP contribution in [0.25, 0.3) is 0 Å². The SMILES string of the molecule is Cc1ccc(CO)cc1C[C@@H](CC(=O)OC(C)(C)C)NC(=O)OC(C)(C)C. The highest BCUT2D eigenvalue weighted by molar-refractivity contribution is 5.73. The van der Waals surface area contributed by atoms with Gasteiger partial charge in [0.25, 0.3) is 0 Å². The molecule has 1 aromatic carbocycles. The molecule has 152 valence electrons. The summed E-state index contributed by atoms with van der Waals surface area (Å²) in [7, 11) is 0. The lowest BCUT2D eigenvalue weighted by Crippen LogP contribution is -2.42. The molecule has 0 aliphatic heterocycles. The Bertz CT molecular complexity index is 626. The van der Waals surface area contributed by atoms with E-state index in [0.717, 1.165) is 16.7 Å². The fourth-order valence-corrected chi connectivity index (χ4v) is 2.54. The Kier molecular flexibility index (Phi) is 7.84. The normalized spacial score (nSPS) is 13.0. The molecule has 0 fully saturated rings.